The number of hydrogen-bond acceptors (Lipinski definition) is 4. The van der Waals surface area contributed by atoms with Crippen LogP contribution >= 0.6 is 0 Å². The summed E-state index contributed by atoms with van der Waals surface area (Å²) in [5.74, 6) is 0.342. The molecule has 0 saturated carbocycles. The lowest BCUT2D eigenvalue weighted by atomic mass is 10.2. The number of nitrogens with two attached hydrogens (primary N) is 1. The Morgan fingerprint density at radius 3 is 2.45 bits per heavy atom. The van der Waals surface area contributed by atoms with Crippen molar-refractivity contribution >= 4 is 10.0 Å². The van der Waals surface area contributed by atoms with Gasteiger partial charge >= 0.3 is 0 Å². The first-order valence-corrected chi connectivity index (χ1v) is 8.25. The highest BCUT2D eigenvalue weighted by Gasteiger charge is 2.29. The maximum Gasteiger partial charge on any atom is 0.246 e. The van der Waals surface area contributed by atoms with Crippen molar-refractivity contribution in [2.45, 2.75) is 44.7 Å². The van der Waals surface area contributed by atoms with E-state index in [1.165, 1.54) is 11.4 Å². The molecule has 0 aliphatic rings. The van der Waals surface area contributed by atoms with Gasteiger partial charge < -0.3 is 10.5 Å². The SMILES string of the molecule is CCC(C)N(CC)S(=O)(=O)c1ccc(CN)cc1OC. The molecule has 6 heteroatoms. The summed E-state index contributed by atoms with van der Waals surface area (Å²) in [7, 11) is -2.10. The zero-order valence-corrected chi connectivity index (χ0v) is 13.4. The van der Waals surface area contributed by atoms with Crippen LogP contribution < -0.4 is 10.5 Å². The molecule has 5 nitrogen and oxygen atoms in total. The molecule has 0 aliphatic heterocycles. The molecule has 114 valence electrons. The van der Waals surface area contributed by atoms with Crippen molar-refractivity contribution in [2.75, 3.05) is 13.7 Å². The molecule has 1 atom stereocenters. The number of rotatable bonds is 7. The number of hydrogen-bond donors (Lipinski definition) is 1. The molecule has 0 aliphatic carbocycles. The Morgan fingerprint density at radius 1 is 1.35 bits per heavy atom. The van der Waals surface area contributed by atoms with Crippen LogP contribution in [0.4, 0.5) is 0 Å². The van der Waals surface area contributed by atoms with Crippen LogP contribution in [0.2, 0.25) is 0 Å². The zero-order valence-electron chi connectivity index (χ0n) is 12.6. The second-order valence-electron chi connectivity index (χ2n) is 4.65. The van der Waals surface area contributed by atoms with Crippen molar-refractivity contribution in [3.05, 3.63) is 23.8 Å². The number of nitrogens with zero attached hydrogens (tertiary/aromatic N) is 1. The van der Waals surface area contributed by atoms with Crippen LogP contribution in [0.3, 0.4) is 0 Å². The number of sulfonamides is 1. The molecule has 0 saturated heterocycles. The summed E-state index contributed by atoms with van der Waals surface area (Å²) in [6, 6.07) is 4.92. The maximum absolute atomic E-state index is 12.8. The van der Waals surface area contributed by atoms with Crippen molar-refractivity contribution in [1.29, 1.82) is 0 Å². The molecular formula is C14H24N2O3S. The molecule has 20 heavy (non-hydrogen) atoms. The third-order valence-corrected chi connectivity index (χ3v) is 5.57. The van der Waals surface area contributed by atoms with Gasteiger partial charge in [-0.25, -0.2) is 8.42 Å². The summed E-state index contributed by atoms with van der Waals surface area (Å²) in [5.41, 5.74) is 6.41. The van der Waals surface area contributed by atoms with Crippen LogP contribution in [0.15, 0.2) is 23.1 Å². The summed E-state index contributed by atoms with van der Waals surface area (Å²) in [4.78, 5) is 0.194. The van der Waals surface area contributed by atoms with E-state index in [1.54, 1.807) is 18.2 Å². The van der Waals surface area contributed by atoms with Gasteiger partial charge in [0.05, 0.1) is 7.11 Å². The highest BCUT2D eigenvalue weighted by Crippen LogP contribution is 2.29. The first-order valence-electron chi connectivity index (χ1n) is 6.81. The van der Waals surface area contributed by atoms with E-state index in [0.717, 1.165) is 12.0 Å². The van der Waals surface area contributed by atoms with E-state index in [9.17, 15) is 8.42 Å². The van der Waals surface area contributed by atoms with E-state index < -0.39 is 10.0 Å². The molecule has 0 fully saturated rings. The second kappa shape index (κ2) is 7.06. The van der Waals surface area contributed by atoms with Gasteiger partial charge in [0, 0.05) is 19.1 Å². The molecule has 1 unspecified atom stereocenters. The van der Waals surface area contributed by atoms with E-state index in [2.05, 4.69) is 0 Å². The molecule has 1 rings (SSSR count). The van der Waals surface area contributed by atoms with Gasteiger partial charge in [0.1, 0.15) is 10.6 Å². The van der Waals surface area contributed by atoms with Crippen molar-refractivity contribution in [1.82, 2.24) is 4.31 Å². The van der Waals surface area contributed by atoms with E-state index >= 15 is 0 Å². The zero-order chi connectivity index (χ0) is 15.3. The lowest BCUT2D eigenvalue weighted by Gasteiger charge is -2.27. The van der Waals surface area contributed by atoms with Gasteiger partial charge in [-0.1, -0.05) is 19.9 Å². The Morgan fingerprint density at radius 2 is 2.00 bits per heavy atom. The van der Waals surface area contributed by atoms with Crippen molar-refractivity contribution < 1.29 is 13.2 Å². The monoisotopic (exact) mass is 300 g/mol. The first-order chi connectivity index (χ1) is 9.42. The molecule has 0 bridgehead atoms. The van der Waals surface area contributed by atoms with Gasteiger partial charge in [0.25, 0.3) is 0 Å². The Labute approximate surface area is 121 Å². The van der Waals surface area contributed by atoms with Gasteiger partial charge in [-0.05, 0) is 31.0 Å². The summed E-state index contributed by atoms with van der Waals surface area (Å²) in [6.07, 6.45) is 0.760. The van der Waals surface area contributed by atoms with Crippen LogP contribution in [0.25, 0.3) is 0 Å². The standard InChI is InChI=1S/C14H24N2O3S/c1-5-11(3)16(6-2)20(17,18)14-8-7-12(10-15)9-13(14)19-4/h7-9,11H,5-6,10,15H2,1-4H3. The van der Waals surface area contributed by atoms with Crippen LogP contribution in [0.5, 0.6) is 5.75 Å². The molecule has 2 N–H and O–H groups in total. The van der Waals surface area contributed by atoms with Crippen LogP contribution in [-0.4, -0.2) is 32.4 Å². The van der Waals surface area contributed by atoms with E-state index in [0.29, 0.717) is 18.8 Å². The molecule has 0 heterocycles. The van der Waals surface area contributed by atoms with E-state index in [4.69, 9.17) is 10.5 Å². The molecule has 0 spiro atoms. The lowest BCUT2D eigenvalue weighted by Crippen LogP contribution is -2.38. The average molecular weight is 300 g/mol. The van der Waals surface area contributed by atoms with Crippen molar-refractivity contribution in [3.63, 3.8) is 0 Å². The quantitative estimate of drug-likeness (QED) is 0.835. The Kier molecular flexibility index (Phi) is 5.98. The minimum absolute atomic E-state index is 0.0520. The van der Waals surface area contributed by atoms with Crippen molar-refractivity contribution in [2.24, 2.45) is 5.73 Å². The average Bonchev–Trinajstić information content (AvgIpc) is 2.46. The van der Waals surface area contributed by atoms with Crippen molar-refractivity contribution in [3.8, 4) is 5.75 Å². The summed E-state index contributed by atoms with van der Waals surface area (Å²) < 4.78 is 32.2. The van der Waals surface area contributed by atoms with Gasteiger partial charge in [-0.15, -0.1) is 0 Å². The van der Waals surface area contributed by atoms with Crippen LogP contribution in [0.1, 0.15) is 32.8 Å². The highest BCUT2D eigenvalue weighted by molar-refractivity contribution is 7.89. The fourth-order valence-electron chi connectivity index (χ4n) is 2.10. The lowest BCUT2D eigenvalue weighted by molar-refractivity contribution is 0.338. The van der Waals surface area contributed by atoms with E-state index in [1.807, 2.05) is 20.8 Å². The fourth-order valence-corrected chi connectivity index (χ4v) is 3.95. The highest BCUT2D eigenvalue weighted by atomic mass is 32.2. The minimum atomic E-state index is -3.56. The Bertz CT molecular complexity index is 543. The molecule has 0 amide bonds. The third kappa shape index (κ3) is 3.31. The molecule has 0 aromatic heterocycles. The van der Waals surface area contributed by atoms with Gasteiger partial charge in [0.15, 0.2) is 0 Å². The minimum Gasteiger partial charge on any atom is -0.495 e. The maximum atomic E-state index is 12.8. The fraction of sp³-hybridized carbons (Fsp3) is 0.571. The van der Waals surface area contributed by atoms with Crippen LogP contribution in [0, 0.1) is 0 Å². The second-order valence-corrected chi connectivity index (χ2v) is 6.51. The predicted octanol–water partition coefficient (Wildman–Crippen LogP) is 1.96. The van der Waals surface area contributed by atoms with Gasteiger partial charge in [-0.3, -0.25) is 0 Å². The predicted molar refractivity (Wildman–Crippen MR) is 80.2 cm³/mol. The molecule has 0 radical (unpaired) electrons. The number of methoxy groups -OCH3 is 1. The van der Waals surface area contributed by atoms with E-state index in [-0.39, 0.29) is 10.9 Å². The Hall–Kier alpha value is -1.11. The summed E-state index contributed by atoms with van der Waals surface area (Å²) >= 11 is 0. The summed E-state index contributed by atoms with van der Waals surface area (Å²) in [5, 5.41) is 0. The third-order valence-electron chi connectivity index (χ3n) is 3.44. The summed E-state index contributed by atoms with van der Waals surface area (Å²) in [6.45, 7) is 6.49. The molecule has 1 aromatic rings. The largest absolute Gasteiger partial charge is 0.495 e. The molecule has 1 aromatic carbocycles. The Balaban J connectivity index is 3.33. The number of ether oxygens (including phenoxy) is 1. The molecular weight excluding hydrogens is 276 g/mol. The number of benzene rings is 1. The first kappa shape index (κ1) is 16.9. The smallest absolute Gasteiger partial charge is 0.246 e. The van der Waals surface area contributed by atoms with Gasteiger partial charge in [-0.2, -0.15) is 4.31 Å². The topological polar surface area (TPSA) is 72.6 Å². The normalized spacial score (nSPS) is 13.5. The van der Waals surface area contributed by atoms with Gasteiger partial charge in [0.2, 0.25) is 10.0 Å². The van der Waals surface area contributed by atoms with Crippen LogP contribution in [-0.2, 0) is 16.6 Å².